The van der Waals surface area contributed by atoms with Gasteiger partial charge in [0, 0.05) is 6.61 Å². The van der Waals surface area contributed by atoms with E-state index in [1.165, 1.54) is 0 Å². The first-order valence-electron chi connectivity index (χ1n) is 5.27. The van der Waals surface area contributed by atoms with Crippen LogP contribution in [0.15, 0.2) is 14.4 Å². The van der Waals surface area contributed by atoms with Gasteiger partial charge in [-0.1, -0.05) is 13.3 Å². The molecular weight excluding hydrogens is 246 g/mol. The lowest BCUT2D eigenvalue weighted by Gasteiger charge is -2.12. The van der Waals surface area contributed by atoms with Gasteiger partial charge in [-0.3, -0.25) is 9.97 Å². The van der Waals surface area contributed by atoms with Gasteiger partial charge in [-0.15, -0.1) is 12.6 Å². The Morgan fingerprint density at radius 1 is 1.29 bits per heavy atom. The molecule has 0 aromatic carbocycles. The average Bonchev–Trinajstić information content (AvgIpc) is 2.24. The molecule has 1 aromatic heterocycles. The highest BCUT2D eigenvalue weighted by atomic mass is 32.1. The molecule has 0 saturated carbocycles. The van der Waals surface area contributed by atoms with Crippen molar-refractivity contribution in [1.29, 1.82) is 0 Å². The molecule has 1 atom stereocenters. The predicted molar refractivity (Wildman–Crippen MR) is 65.6 cm³/mol. The Morgan fingerprint density at radius 2 is 1.88 bits per heavy atom. The van der Waals surface area contributed by atoms with Gasteiger partial charge in [-0.05, 0) is 6.42 Å². The van der Waals surface area contributed by atoms with E-state index >= 15 is 0 Å². The monoisotopic (exact) mass is 261 g/mol. The van der Waals surface area contributed by atoms with Crippen LogP contribution in [0.2, 0.25) is 0 Å². The summed E-state index contributed by atoms with van der Waals surface area (Å²) in [5, 5.41) is 0. The van der Waals surface area contributed by atoms with Gasteiger partial charge < -0.3 is 4.74 Å². The quantitative estimate of drug-likeness (QED) is 0.358. The molecule has 0 fully saturated rings. The van der Waals surface area contributed by atoms with E-state index in [1.54, 1.807) is 0 Å². The van der Waals surface area contributed by atoms with Crippen LogP contribution >= 0.6 is 12.6 Å². The van der Waals surface area contributed by atoms with Crippen molar-refractivity contribution in [3.63, 3.8) is 0 Å². The Kier molecular flexibility index (Phi) is 5.23. The second-order valence-corrected chi connectivity index (χ2v) is 4.05. The van der Waals surface area contributed by atoms with Crippen molar-refractivity contribution in [1.82, 2.24) is 14.5 Å². The van der Waals surface area contributed by atoms with Crippen molar-refractivity contribution >= 4 is 12.6 Å². The molecule has 7 nitrogen and oxygen atoms in total. The number of aromatic nitrogens is 3. The summed E-state index contributed by atoms with van der Waals surface area (Å²) in [6, 6.07) is 0. The number of aromatic amines is 2. The third-order valence-corrected chi connectivity index (χ3v) is 2.39. The fraction of sp³-hybridized carbons (Fsp3) is 0.667. The lowest BCUT2D eigenvalue weighted by molar-refractivity contribution is 0.0980. The first kappa shape index (κ1) is 13.8. The lowest BCUT2D eigenvalue weighted by atomic mass is 10.4. The van der Waals surface area contributed by atoms with Crippen LogP contribution in [-0.2, 0) is 11.3 Å². The summed E-state index contributed by atoms with van der Waals surface area (Å²) < 4.78 is 6.12. The molecule has 1 heterocycles. The average molecular weight is 261 g/mol. The molecule has 0 aliphatic carbocycles. The van der Waals surface area contributed by atoms with Crippen molar-refractivity contribution in [3.05, 3.63) is 31.5 Å². The zero-order chi connectivity index (χ0) is 12.8. The molecule has 0 bridgehead atoms. The Bertz CT molecular complexity index is 484. The molecule has 0 radical (unpaired) electrons. The Labute approximate surface area is 102 Å². The molecule has 2 N–H and O–H groups in total. The SMILES string of the molecule is CCCCOC(S)Cn1c(=O)[nH]c(=O)[nH]c1=O. The van der Waals surface area contributed by atoms with Crippen molar-refractivity contribution in [3.8, 4) is 0 Å². The van der Waals surface area contributed by atoms with Gasteiger partial charge >= 0.3 is 17.1 Å². The highest BCUT2D eigenvalue weighted by Gasteiger charge is 2.09. The molecule has 0 aliphatic rings. The van der Waals surface area contributed by atoms with Gasteiger partial charge in [0.1, 0.15) is 5.44 Å². The minimum atomic E-state index is -0.820. The molecule has 1 aromatic rings. The van der Waals surface area contributed by atoms with Crippen molar-refractivity contribution < 1.29 is 4.74 Å². The number of H-pyrrole nitrogens is 2. The largest absolute Gasteiger partial charge is 0.366 e. The summed E-state index contributed by atoms with van der Waals surface area (Å²) in [6.07, 6.45) is 1.87. The van der Waals surface area contributed by atoms with Crippen molar-refractivity contribution in [2.75, 3.05) is 6.61 Å². The van der Waals surface area contributed by atoms with E-state index in [2.05, 4.69) is 12.6 Å². The smallest absolute Gasteiger partial charge is 0.333 e. The van der Waals surface area contributed by atoms with Gasteiger partial charge in [-0.25, -0.2) is 19.0 Å². The van der Waals surface area contributed by atoms with E-state index in [-0.39, 0.29) is 6.54 Å². The Hall–Kier alpha value is -1.28. The second-order valence-electron chi connectivity index (χ2n) is 3.48. The maximum atomic E-state index is 11.3. The molecule has 0 aliphatic heterocycles. The summed E-state index contributed by atoms with van der Waals surface area (Å²) in [5.41, 5.74) is -2.92. The molecular formula is C9H15N3O4S. The maximum Gasteiger partial charge on any atom is 0.333 e. The van der Waals surface area contributed by atoms with Crippen LogP contribution in [0.1, 0.15) is 19.8 Å². The molecule has 1 unspecified atom stereocenters. The minimum Gasteiger partial charge on any atom is -0.366 e. The van der Waals surface area contributed by atoms with E-state index in [9.17, 15) is 14.4 Å². The number of ether oxygens (including phenoxy) is 1. The number of thiol groups is 1. The summed E-state index contributed by atoms with van der Waals surface area (Å²) in [4.78, 5) is 37.4. The molecule has 17 heavy (non-hydrogen) atoms. The second kappa shape index (κ2) is 6.45. The van der Waals surface area contributed by atoms with Gasteiger partial charge in [-0.2, -0.15) is 0 Å². The normalized spacial score (nSPS) is 12.6. The van der Waals surface area contributed by atoms with Crippen LogP contribution in [-0.4, -0.2) is 26.6 Å². The first-order valence-corrected chi connectivity index (χ1v) is 5.79. The Morgan fingerprint density at radius 3 is 2.41 bits per heavy atom. The highest BCUT2D eigenvalue weighted by Crippen LogP contribution is 2.00. The van der Waals surface area contributed by atoms with E-state index in [1.807, 2.05) is 16.9 Å². The fourth-order valence-electron chi connectivity index (χ4n) is 1.19. The van der Waals surface area contributed by atoms with E-state index < -0.39 is 22.5 Å². The highest BCUT2D eigenvalue weighted by molar-refractivity contribution is 7.80. The van der Waals surface area contributed by atoms with E-state index in [4.69, 9.17) is 4.74 Å². The first-order chi connectivity index (χ1) is 8.04. The predicted octanol–water partition coefficient (Wildman–Crippen LogP) is -0.702. The van der Waals surface area contributed by atoms with E-state index in [0.29, 0.717) is 6.61 Å². The third-order valence-electron chi connectivity index (χ3n) is 2.08. The molecule has 0 amide bonds. The molecule has 96 valence electrons. The van der Waals surface area contributed by atoms with Crippen LogP contribution in [0.5, 0.6) is 0 Å². The molecule has 0 saturated heterocycles. The summed E-state index contributed by atoms with van der Waals surface area (Å²) in [5.74, 6) is 0. The number of unbranched alkanes of at least 4 members (excludes halogenated alkanes) is 1. The summed E-state index contributed by atoms with van der Waals surface area (Å²) in [7, 11) is 0. The van der Waals surface area contributed by atoms with Crippen LogP contribution in [0, 0.1) is 0 Å². The molecule has 8 heteroatoms. The number of hydrogen-bond donors (Lipinski definition) is 3. The number of nitrogens with zero attached hydrogens (tertiary/aromatic N) is 1. The zero-order valence-corrected chi connectivity index (χ0v) is 10.3. The zero-order valence-electron chi connectivity index (χ0n) is 9.43. The van der Waals surface area contributed by atoms with Gasteiger partial charge in [0.15, 0.2) is 0 Å². The summed E-state index contributed by atoms with van der Waals surface area (Å²) in [6.45, 7) is 2.52. The fourth-order valence-corrected chi connectivity index (χ4v) is 1.46. The topological polar surface area (TPSA) is 96.9 Å². The minimum absolute atomic E-state index is 0.0161. The van der Waals surface area contributed by atoms with Gasteiger partial charge in [0.25, 0.3) is 0 Å². The van der Waals surface area contributed by atoms with Crippen LogP contribution in [0.25, 0.3) is 0 Å². The van der Waals surface area contributed by atoms with E-state index in [0.717, 1.165) is 17.4 Å². The molecule has 1 rings (SSSR count). The lowest BCUT2D eigenvalue weighted by Crippen LogP contribution is -2.44. The number of nitrogens with one attached hydrogen (secondary N) is 2. The van der Waals surface area contributed by atoms with Gasteiger partial charge in [0.05, 0.1) is 6.54 Å². The number of hydrogen-bond acceptors (Lipinski definition) is 5. The van der Waals surface area contributed by atoms with Crippen molar-refractivity contribution in [2.24, 2.45) is 0 Å². The molecule has 0 spiro atoms. The van der Waals surface area contributed by atoms with Gasteiger partial charge in [0.2, 0.25) is 0 Å². The Balaban J connectivity index is 2.72. The van der Waals surface area contributed by atoms with Crippen LogP contribution in [0.3, 0.4) is 0 Å². The third kappa shape index (κ3) is 4.23. The van der Waals surface area contributed by atoms with Crippen LogP contribution < -0.4 is 17.1 Å². The maximum absolute atomic E-state index is 11.3. The standard InChI is InChI=1S/C9H15N3O4S/c1-2-3-4-16-6(17)5-12-8(14)10-7(13)11-9(12)15/h6,17H,2-5H2,1H3,(H2,10,11,13,14,15). The van der Waals surface area contributed by atoms with Crippen LogP contribution in [0.4, 0.5) is 0 Å². The number of rotatable bonds is 6. The summed E-state index contributed by atoms with van der Waals surface area (Å²) >= 11 is 4.11. The van der Waals surface area contributed by atoms with Crippen molar-refractivity contribution in [2.45, 2.75) is 31.7 Å².